The van der Waals surface area contributed by atoms with Crippen LogP contribution in [-0.2, 0) is 9.59 Å². The van der Waals surface area contributed by atoms with Gasteiger partial charge in [0.2, 0.25) is 11.8 Å². The molecule has 7 heteroatoms. The summed E-state index contributed by atoms with van der Waals surface area (Å²) in [6, 6.07) is 3.15. The van der Waals surface area contributed by atoms with Gasteiger partial charge in [-0.2, -0.15) is 5.10 Å². The van der Waals surface area contributed by atoms with E-state index in [9.17, 15) is 9.59 Å². The summed E-state index contributed by atoms with van der Waals surface area (Å²) in [7, 11) is 0. The number of carbonyl (C=O) groups excluding carboxylic acids is 2. The van der Waals surface area contributed by atoms with Crippen LogP contribution in [0.3, 0.4) is 0 Å². The number of nitrogen functional groups attached to an aromatic ring is 1. The summed E-state index contributed by atoms with van der Waals surface area (Å²) in [5.74, 6) is -0.555. The van der Waals surface area contributed by atoms with E-state index in [0.717, 1.165) is 10.9 Å². The molecule has 0 aliphatic carbocycles. The highest BCUT2D eigenvalue weighted by Crippen LogP contribution is 2.26. The number of fused-ring (bicyclic) bond motifs is 1. The minimum Gasteiger partial charge on any atom is -0.397 e. The van der Waals surface area contributed by atoms with E-state index in [1.807, 2.05) is 0 Å². The fourth-order valence-electron chi connectivity index (χ4n) is 2.15. The lowest BCUT2D eigenvalue weighted by atomic mass is 10.1. The summed E-state index contributed by atoms with van der Waals surface area (Å²) in [6.07, 6.45) is 2.47. The molecule has 1 aliphatic rings. The molecule has 2 amide bonds. The molecule has 1 aromatic carbocycles. The summed E-state index contributed by atoms with van der Waals surface area (Å²) >= 11 is 0. The van der Waals surface area contributed by atoms with Gasteiger partial charge in [-0.05, 0) is 18.6 Å². The minimum absolute atomic E-state index is 0.236. The fraction of sp³-hybridized carbons (Fsp3) is 0.250. The maximum absolute atomic E-state index is 11.7. The number of aromatic amines is 1. The Hall–Kier alpha value is -2.57. The SMILES string of the molecule is Nc1cc2cn[nH]c2cc1NC1CCC(=O)NC1=O. The number of anilines is 2. The van der Waals surface area contributed by atoms with Crippen molar-refractivity contribution in [1.29, 1.82) is 0 Å². The molecular formula is C12H13N5O2. The Morgan fingerprint density at radius 2 is 2.21 bits per heavy atom. The van der Waals surface area contributed by atoms with Crippen LogP contribution in [0, 0.1) is 0 Å². The predicted octanol–water partition coefficient (Wildman–Crippen LogP) is 0.362. The monoisotopic (exact) mass is 259 g/mol. The average Bonchev–Trinajstić information content (AvgIpc) is 2.80. The number of carbonyl (C=O) groups is 2. The molecule has 1 atom stereocenters. The molecular weight excluding hydrogens is 246 g/mol. The topological polar surface area (TPSA) is 113 Å². The number of aromatic nitrogens is 2. The van der Waals surface area contributed by atoms with Crippen molar-refractivity contribution in [2.45, 2.75) is 18.9 Å². The molecule has 1 aliphatic heterocycles. The van der Waals surface area contributed by atoms with Crippen molar-refractivity contribution in [1.82, 2.24) is 15.5 Å². The van der Waals surface area contributed by atoms with E-state index in [2.05, 4.69) is 20.8 Å². The molecule has 1 fully saturated rings. The van der Waals surface area contributed by atoms with Crippen molar-refractivity contribution in [3.8, 4) is 0 Å². The number of imide groups is 1. The van der Waals surface area contributed by atoms with Crippen molar-refractivity contribution >= 4 is 34.1 Å². The second-order valence-corrected chi connectivity index (χ2v) is 4.54. The van der Waals surface area contributed by atoms with E-state index >= 15 is 0 Å². The molecule has 1 saturated heterocycles. The Labute approximate surface area is 108 Å². The molecule has 2 aromatic rings. The quantitative estimate of drug-likeness (QED) is 0.459. The third-order valence-electron chi connectivity index (χ3n) is 3.18. The first-order valence-corrected chi connectivity index (χ1v) is 5.96. The first kappa shape index (κ1) is 11.5. The van der Waals surface area contributed by atoms with Crippen molar-refractivity contribution in [2.75, 3.05) is 11.1 Å². The van der Waals surface area contributed by atoms with Crippen molar-refractivity contribution in [2.24, 2.45) is 0 Å². The minimum atomic E-state index is -0.444. The average molecular weight is 259 g/mol. The largest absolute Gasteiger partial charge is 0.397 e. The zero-order chi connectivity index (χ0) is 13.4. The van der Waals surface area contributed by atoms with E-state index in [-0.39, 0.29) is 11.8 Å². The highest BCUT2D eigenvalue weighted by atomic mass is 16.2. The Morgan fingerprint density at radius 1 is 1.37 bits per heavy atom. The summed E-state index contributed by atoms with van der Waals surface area (Å²) < 4.78 is 0. The van der Waals surface area contributed by atoms with Crippen LogP contribution in [0.25, 0.3) is 10.9 Å². The molecule has 0 radical (unpaired) electrons. The number of rotatable bonds is 2. The smallest absolute Gasteiger partial charge is 0.249 e. The standard InChI is InChI=1S/C12H13N5O2/c13-7-3-6-5-14-17-9(6)4-10(7)15-8-1-2-11(18)16-12(8)19/h3-5,8,15H,1-2,13H2,(H,14,17)(H,16,18,19). The van der Waals surface area contributed by atoms with Crippen LogP contribution < -0.4 is 16.4 Å². The Balaban J connectivity index is 1.86. The summed E-state index contributed by atoms with van der Waals surface area (Å²) in [5, 5.41) is 13.0. The number of nitrogens with two attached hydrogens (primary N) is 1. The first-order valence-electron chi connectivity index (χ1n) is 5.96. The molecule has 1 aromatic heterocycles. The van der Waals surface area contributed by atoms with Gasteiger partial charge in [0.25, 0.3) is 0 Å². The van der Waals surface area contributed by atoms with Crippen molar-refractivity contribution in [3.63, 3.8) is 0 Å². The van der Waals surface area contributed by atoms with Gasteiger partial charge in [-0.1, -0.05) is 0 Å². The second-order valence-electron chi connectivity index (χ2n) is 4.54. The molecule has 0 saturated carbocycles. The van der Waals surface area contributed by atoms with Crippen LogP contribution in [0.1, 0.15) is 12.8 Å². The number of H-pyrrole nitrogens is 1. The Morgan fingerprint density at radius 3 is 3.00 bits per heavy atom. The highest BCUT2D eigenvalue weighted by Gasteiger charge is 2.26. The van der Waals surface area contributed by atoms with Crippen molar-refractivity contribution in [3.05, 3.63) is 18.3 Å². The normalized spacial score (nSPS) is 19.5. The van der Waals surface area contributed by atoms with Crippen LogP contribution in [-0.4, -0.2) is 28.1 Å². The van der Waals surface area contributed by atoms with Gasteiger partial charge in [-0.25, -0.2) is 0 Å². The molecule has 2 heterocycles. The lowest BCUT2D eigenvalue weighted by molar-refractivity contribution is -0.133. The van der Waals surface area contributed by atoms with Gasteiger partial charge in [-0.3, -0.25) is 20.0 Å². The molecule has 3 rings (SSSR count). The van der Waals surface area contributed by atoms with Gasteiger partial charge in [0.1, 0.15) is 6.04 Å². The van der Waals surface area contributed by atoms with Crippen molar-refractivity contribution < 1.29 is 9.59 Å². The lowest BCUT2D eigenvalue weighted by Crippen LogP contribution is -2.47. The van der Waals surface area contributed by atoms with Gasteiger partial charge in [0.05, 0.1) is 23.1 Å². The zero-order valence-corrected chi connectivity index (χ0v) is 10.1. The van der Waals surface area contributed by atoms with Gasteiger partial charge < -0.3 is 11.1 Å². The third kappa shape index (κ3) is 2.10. The number of hydrogen-bond donors (Lipinski definition) is 4. The van der Waals surface area contributed by atoms with Gasteiger partial charge in [-0.15, -0.1) is 0 Å². The van der Waals surface area contributed by atoms with E-state index in [0.29, 0.717) is 24.2 Å². The van der Waals surface area contributed by atoms with Crippen LogP contribution in [0.2, 0.25) is 0 Å². The first-order chi connectivity index (χ1) is 9.13. The van der Waals surface area contributed by atoms with Crippen LogP contribution in [0.4, 0.5) is 11.4 Å². The van der Waals surface area contributed by atoms with E-state index < -0.39 is 6.04 Å². The lowest BCUT2D eigenvalue weighted by Gasteiger charge is -2.23. The van der Waals surface area contributed by atoms with Crippen LogP contribution in [0.5, 0.6) is 0 Å². The van der Waals surface area contributed by atoms with Crippen LogP contribution >= 0.6 is 0 Å². The van der Waals surface area contributed by atoms with Gasteiger partial charge >= 0.3 is 0 Å². The summed E-state index contributed by atoms with van der Waals surface area (Å²) in [5.41, 5.74) is 7.97. The maximum Gasteiger partial charge on any atom is 0.249 e. The number of nitrogens with zero attached hydrogens (tertiary/aromatic N) is 1. The molecule has 1 unspecified atom stereocenters. The highest BCUT2D eigenvalue weighted by molar-refractivity contribution is 6.02. The third-order valence-corrected chi connectivity index (χ3v) is 3.18. The molecule has 0 bridgehead atoms. The molecule has 7 nitrogen and oxygen atoms in total. The summed E-state index contributed by atoms with van der Waals surface area (Å²) in [6.45, 7) is 0. The second kappa shape index (κ2) is 4.27. The number of piperidine rings is 1. The predicted molar refractivity (Wildman–Crippen MR) is 70.3 cm³/mol. The number of hydrogen-bond acceptors (Lipinski definition) is 5. The van der Waals surface area contributed by atoms with E-state index in [4.69, 9.17) is 5.73 Å². The molecule has 5 N–H and O–H groups in total. The Kier molecular flexibility index (Phi) is 2.59. The summed E-state index contributed by atoms with van der Waals surface area (Å²) in [4.78, 5) is 22.8. The molecule has 98 valence electrons. The van der Waals surface area contributed by atoms with Gasteiger partial charge in [0, 0.05) is 11.8 Å². The fourth-order valence-corrected chi connectivity index (χ4v) is 2.15. The van der Waals surface area contributed by atoms with E-state index in [1.165, 1.54) is 0 Å². The number of nitrogens with one attached hydrogen (secondary N) is 3. The number of amides is 2. The maximum atomic E-state index is 11.7. The Bertz CT molecular complexity index is 663. The van der Waals surface area contributed by atoms with Gasteiger partial charge in [0.15, 0.2) is 0 Å². The number of benzene rings is 1. The van der Waals surface area contributed by atoms with E-state index in [1.54, 1.807) is 18.3 Å². The molecule has 0 spiro atoms. The molecule has 19 heavy (non-hydrogen) atoms. The zero-order valence-electron chi connectivity index (χ0n) is 10.1. The van der Waals surface area contributed by atoms with Crippen LogP contribution in [0.15, 0.2) is 18.3 Å².